The van der Waals surface area contributed by atoms with Crippen molar-refractivity contribution in [2.45, 2.75) is 6.92 Å². The average Bonchev–Trinajstić information content (AvgIpc) is 2.15. The van der Waals surface area contributed by atoms with Gasteiger partial charge >= 0.3 is 5.97 Å². The fourth-order valence-corrected chi connectivity index (χ4v) is 1.29. The molecule has 0 saturated heterocycles. The van der Waals surface area contributed by atoms with Gasteiger partial charge in [0.25, 0.3) is 0 Å². The summed E-state index contributed by atoms with van der Waals surface area (Å²) in [5.74, 6) is -1.83. The molecule has 0 aromatic heterocycles. The average molecular weight is 225 g/mol. The van der Waals surface area contributed by atoms with Crippen molar-refractivity contribution in [1.82, 2.24) is 0 Å². The molecule has 0 atom stereocenters. The van der Waals surface area contributed by atoms with Crippen molar-refractivity contribution in [1.29, 1.82) is 0 Å². The summed E-state index contributed by atoms with van der Waals surface area (Å²) in [5, 5.41) is 8.59. The van der Waals surface area contributed by atoms with Gasteiger partial charge < -0.3 is 10.0 Å². The minimum absolute atomic E-state index is 0.229. The van der Waals surface area contributed by atoms with Crippen LogP contribution in [0.2, 0.25) is 0 Å². The maximum absolute atomic E-state index is 13.2. The lowest BCUT2D eigenvalue weighted by atomic mass is 10.1. The van der Waals surface area contributed by atoms with Gasteiger partial charge in [-0.15, -0.1) is 0 Å². The molecule has 0 radical (unpaired) electrons. The van der Waals surface area contributed by atoms with Crippen LogP contribution in [0.25, 0.3) is 0 Å². The Morgan fingerprint density at radius 1 is 1.38 bits per heavy atom. The van der Waals surface area contributed by atoms with Crippen molar-refractivity contribution < 1.29 is 19.1 Å². The van der Waals surface area contributed by atoms with Crippen LogP contribution in [0.1, 0.15) is 17.3 Å². The predicted molar refractivity (Wildman–Crippen MR) is 57.3 cm³/mol. The van der Waals surface area contributed by atoms with E-state index in [0.29, 0.717) is 5.69 Å². The Morgan fingerprint density at radius 2 is 2.00 bits per heavy atom. The third-order valence-corrected chi connectivity index (χ3v) is 2.10. The van der Waals surface area contributed by atoms with E-state index >= 15 is 0 Å². The topological polar surface area (TPSA) is 57.6 Å². The van der Waals surface area contributed by atoms with E-state index in [2.05, 4.69) is 0 Å². The van der Waals surface area contributed by atoms with E-state index in [1.54, 1.807) is 0 Å². The summed E-state index contributed by atoms with van der Waals surface area (Å²) >= 11 is 0. The maximum atomic E-state index is 13.2. The number of nitrogens with zero attached hydrogens (tertiary/aromatic N) is 1. The van der Waals surface area contributed by atoms with Crippen molar-refractivity contribution >= 4 is 17.4 Å². The van der Waals surface area contributed by atoms with Crippen molar-refractivity contribution in [3.63, 3.8) is 0 Å². The van der Waals surface area contributed by atoms with Gasteiger partial charge in [0.2, 0.25) is 0 Å². The summed E-state index contributed by atoms with van der Waals surface area (Å²) in [7, 11) is 1.52. The molecule has 16 heavy (non-hydrogen) atoms. The van der Waals surface area contributed by atoms with Gasteiger partial charge in [-0.1, -0.05) is 0 Å². The molecule has 86 valence electrons. The third-order valence-electron chi connectivity index (χ3n) is 2.10. The summed E-state index contributed by atoms with van der Waals surface area (Å²) in [4.78, 5) is 22.9. The number of carbonyl (C=O) groups is 2. The Hall–Kier alpha value is -1.91. The first kappa shape index (κ1) is 12.2. The lowest BCUT2D eigenvalue weighted by molar-refractivity contribution is -0.135. The summed E-state index contributed by atoms with van der Waals surface area (Å²) in [5.41, 5.74) is 0.597. The number of likely N-dealkylation sites (N-methyl/N-ethyl adjacent to an activating group) is 1. The molecule has 0 spiro atoms. The Balaban J connectivity index is 3.04. The normalized spacial score (nSPS) is 9.94. The van der Waals surface area contributed by atoms with Gasteiger partial charge in [-0.25, -0.2) is 4.39 Å². The molecule has 0 heterocycles. The van der Waals surface area contributed by atoms with E-state index in [-0.39, 0.29) is 17.9 Å². The van der Waals surface area contributed by atoms with Gasteiger partial charge in [-0.05, 0) is 25.1 Å². The highest BCUT2D eigenvalue weighted by Crippen LogP contribution is 2.17. The maximum Gasteiger partial charge on any atom is 0.323 e. The zero-order chi connectivity index (χ0) is 12.3. The molecule has 0 aliphatic heterocycles. The van der Waals surface area contributed by atoms with Gasteiger partial charge in [0.15, 0.2) is 5.78 Å². The molecule has 0 aliphatic carbocycles. The highest BCUT2D eigenvalue weighted by atomic mass is 19.1. The highest BCUT2D eigenvalue weighted by molar-refractivity contribution is 5.95. The third kappa shape index (κ3) is 3.05. The molecule has 0 bridgehead atoms. The number of ketones is 1. The Bertz CT molecular complexity index is 431. The summed E-state index contributed by atoms with van der Waals surface area (Å²) in [6.45, 7) is 1.08. The number of carboxylic acids is 1. The Morgan fingerprint density at radius 3 is 2.50 bits per heavy atom. The number of aliphatic carboxylic acids is 1. The number of anilines is 1. The number of halogens is 1. The molecule has 0 unspecified atom stereocenters. The fourth-order valence-electron chi connectivity index (χ4n) is 1.29. The number of Topliss-reactive ketones (excluding diaryl/α,β-unsaturated/α-hetero) is 1. The molecule has 1 N–H and O–H groups in total. The molecule has 5 heteroatoms. The molecule has 0 aliphatic rings. The zero-order valence-electron chi connectivity index (χ0n) is 9.03. The summed E-state index contributed by atoms with van der Waals surface area (Å²) < 4.78 is 13.2. The number of hydrogen-bond donors (Lipinski definition) is 1. The van der Waals surface area contributed by atoms with Gasteiger partial charge in [-0.3, -0.25) is 9.59 Å². The first-order valence-corrected chi connectivity index (χ1v) is 4.64. The lowest BCUT2D eigenvalue weighted by Crippen LogP contribution is -2.25. The van der Waals surface area contributed by atoms with E-state index in [4.69, 9.17) is 5.11 Å². The monoisotopic (exact) mass is 225 g/mol. The number of carboxylic acid groups (broad SMARTS) is 1. The second-order valence-electron chi connectivity index (χ2n) is 3.50. The number of carbonyl (C=O) groups excluding carboxylic acids is 1. The first-order valence-electron chi connectivity index (χ1n) is 4.64. The highest BCUT2D eigenvalue weighted by Gasteiger charge is 2.10. The second kappa shape index (κ2) is 4.74. The second-order valence-corrected chi connectivity index (χ2v) is 3.50. The molecular formula is C11H12FNO3. The summed E-state index contributed by atoms with van der Waals surface area (Å²) in [6.07, 6.45) is 0. The fraction of sp³-hybridized carbons (Fsp3) is 0.273. The Labute approximate surface area is 92.3 Å². The molecule has 1 aromatic rings. The van der Waals surface area contributed by atoms with Gasteiger partial charge in [0, 0.05) is 18.3 Å². The zero-order valence-corrected chi connectivity index (χ0v) is 9.03. The van der Waals surface area contributed by atoms with Crippen LogP contribution in [0.5, 0.6) is 0 Å². The van der Waals surface area contributed by atoms with E-state index in [1.165, 1.54) is 31.0 Å². The van der Waals surface area contributed by atoms with Crippen molar-refractivity contribution in [2.24, 2.45) is 0 Å². The molecule has 4 nitrogen and oxygen atoms in total. The van der Waals surface area contributed by atoms with E-state index in [1.807, 2.05) is 0 Å². The van der Waals surface area contributed by atoms with Crippen LogP contribution in [-0.2, 0) is 4.79 Å². The van der Waals surface area contributed by atoms with Crippen LogP contribution in [0.3, 0.4) is 0 Å². The predicted octanol–water partition coefficient (Wildman–Crippen LogP) is 1.55. The van der Waals surface area contributed by atoms with E-state index in [9.17, 15) is 14.0 Å². The van der Waals surface area contributed by atoms with Gasteiger partial charge in [0.05, 0.1) is 0 Å². The van der Waals surface area contributed by atoms with E-state index in [0.717, 1.165) is 6.07 Å². The molecule has 0 saturated carbocycles. The van der Waals surface area contributed by atoms with Crippen LogP contribution < -0.4 is 4.90 Å². The molecule has 0 fully saturated rings. The van der Waals surface area contributed by atoms with Crippen LogP contribution in [-0.4, -0.2) is 30.5 Å². The molecule has 0 amide bonds. The first-order chi connectivity index (χ1) is 7.40. The molecule has 1 rings (SSSR count). The molecular weight excluding hydrogens is 213 g/mol. The van der Waals surface area contributed by atoms with Crippen molar-refractivity contribution in [2.75, 3.05) is 18.5 Å². The van der Waals surface area contributed by atoms with Crippen LogP contribution in [0.4, 0.5) is 10.1 Å². The van der Waals surface area contributed by atoms with Crippen LogP contribution >= 0.6 is 0 Å². The molecule has 1 aromatic carbocycles. The Kier molecular flexibility index (Phi) is 3.60. The van der Waals surface area contributed by atoms with Crippen molar-refractivity contribution in [3.8, 4) is 0 Å². The van der Waals surface area contributed by atoms with Crippen LogP contribution in [0, 0.1) is 5.82 Å². The number of hydrogen-bond acceptors (Lipinski definition) is 3. The van der Waals surface area contributed by atoms with Crippen molar-refractivity contribution in [3.05, 3.63) is 29.6 Å². The largest absolute Gasteiger partial charge is 0.480 e. The van der Waals surface area contributed by atoms with Gasteiger partial charge in [-0.2, -0.15) is 0 Å². The smallest absolute Gasteiger partial charge is 0.323 e. The minimum Gasteiger partial charge on any atom is -0.480 e. The quantitative estimate of drug-likeness (QED) is 0.790. The van der Waals surface area contributed by atoms with Crippen LogP contribution in [0.15, 0.2) is 18.2 Å². The van der Waals surface area contributed by atoms with Gasteiger partial charge in [0.1, 0.15) is 12.4 Å². The number of rotatable bonds is 4. The minimum atomic E-state index is -1.02. The summed E-state index contributed by atoms with van der Waals surface area (Å²) in [6, 6.07) is 3.78. The number of benzene rings is 1. The lowest BCUT2D eigenvalue weighted by Gasteiger charge is -2.17. The standard InChI is InChI=1S/C11H12FNO3/c1-7(14)8-3-9(12)5-10(4-8)13(2)6-11(15)16/h3-5H,6H2,1-2H3,(H,15,16). The van der Waals surface area contributed by atoms with E-state index < -0.39 is 11.8 Å². The SMILES string of the molecule is CC(=O)c1cc(F)cc(N(C)CC(=O)O)c1.